The van der Waals surface area contributed by atoms with Crippen LogP contribution in [0, 0.1) is 31.3 Å². The van der Waals surface area contributed by atoms with Crippen LogP contribution in [-0.4, -0.2) is 5.97 Å². The predicted octanol–water partition coefficient (Wildman–Crippen LogP) is 4.25. The van der Waals surface area contributed by atoms with E-state index in [9.17, 15) is 4.79 Å². The zero-order valence-electron chi connectivity index (χ0n) is 12.6. The molecule has 0 radical (unpaired) electrons. The molecule has 0 bridgehead atoms. The number of halogens is 1. The van der Waals surface area contributed by atoms with E-state index in [1.807, 2.05) is 0 Å². The summed E-state index contributed by atoms with van der Waals surface area (Å²) in [5, 5.41) is 0. The average molecular weight is 376 g/mol. The van der Waals surface area contributed by atoms with Crippen LogP contribution in [0.5, 0.6) is 0 Å². The Balaban J connectivity index is 2.71. The number of hydrogen-bond donors (Lipinski definition) is 0. The number of carbonyl (C=O) groups excluding carboxylic acids is 1. The van der Waals surface area contributed by atoms with Gasteiger partial charge in [0, 0.05) is 0 Å². The summed E-state index contributed by atoms with van der Waals surface area (Å²) >= 11 is -2.32. The van der Waals surface area contributed by atoms with Crippen molar-refractivity contribution in [3.63, 3.8) is 0 Å². The van der Waals surface area contributed by atoms with Crippen LogP contribution in [0.3, 0.4) is 0 Å². The Bertz CT molecular complexity index is 561. The molecule has 0 aliphatic carbocycles. The van der Waals surface area contributed by atoms with Crippen LogP contribution in [0.4, 0.5) is 0 Å². The molecule has 4 heteroatoms. The summed E-state index contributed by atoms with van der Waals surface area (Å²) in [7, 11) is 0. The maximum atomic E-state index is 11.3. The molecule has 0 N–H and O–H groups in total. The van der Waals surface area contributed by atoms with Gasteiger partial charge in [-0.25, -0.2) is 0 Å². The van der Waals surface area contributed by atoms with Crippen molar-refractivity contribution in [3.8, 4) is 0 Å². The second kappa shape index (κ2) is 4.74. The summed E-state index contributed by atoms with van der Waals surface area (Å²) in [6.07, 6.45) is 0. The molecular weight excluding hydrogens is 355 g/mol. The van der Waals surface area contributed by atoms with Crippen molar-refractivity contribution >= 4 is 26.6 Å². The van der Waals surface area contributed by atoms with E-state index in [0.717, 1.165) is 0 Å². The van der Waals surface area contributed by atoms with Crippen molar-refractivity contribution in [3.05, 3.63) is 31.4 Å². The maximum absolute atomic E-state index is 11.3. The first-order valence-corrected chi connectivity index (χ1v) is 9.20. The quantitative estimate of drug-likeness (QED) is 0.688. The minimum atomic E-state index is -2.32. The van der Waals surface area contributed by atoms with Crippen molar-refractivity contribution in [2.24, 2.45) is 0 Å². The molecule has 3 nitrogen and oxygen atoms in total. The molecule has 1 aromatic carbocycles. The summed E-state index contributed by atoms with van der Waals surface area (Å²) in [6, 6.07) is 0. The fourth-order valence-electron chi connectivity index (χ4n) is 2.58. The van der Waals surface area contributed by atoms with Gasteiger partial charge in [0.15, 0.2) is 0 Å². The van der Waals surface area contributed by atoms with Crippen LogP contribution in [0.15, 0.2) is 0 Å². The van der Waals surface area contributed by atoms with Crippen LogP contribution in [-0.2, 0) is 16.5 Å². The van der Waals surface area contributed by atoms with Gasteiger partial charge >= 0.3 is 123 Å². The van der Waals surface area contributed by atoms with Gasteiger partial charge in [0.2, 0.25) is 0 Å². The molecular formula is C15H21IO3. The summed E-state index contributed by atoms with van der Waals surface area (Å²) in [6.45, 7) is 14.1. The van der Waals surface area contributed by atoms with Gasteiger partial charge in [-0.3, -0.25) is 0 Å². The van der Waals surface area contributed by atoms with Gasteiger partial charge in [-0.2, -0.15) is 0 Å². The predicted molar refractivity (Wildman–Crippen MR) is 84.0 cm³/mol. The molecule has 0 amide bonds. The zero-order chi connectivity index (χ0) is 14.5. The molecule has 1 heterocycles. The molecule has 0 fully saturated rings. The van der Waals surface area contributed by atoms with E-state index >= 15 is 0 Å². The zero-order valence-corrected chi connectivity index (χ0v) is 14.8. The summed E-state index contributed by atoms with van der Waals surface area (Å²) < 4.78 is 12.8. The Morgan fingerprint density at radius 1 is 1.05 bits per heavy atom. The Morgan fingerprint density at radius 2 is 1.58 bits per heavy atom. The third kappa shape index (κ3) is 2.29. The van der Waals surface area contributed by atoms with Gasteiger partial charge in [0.25, 0.3) is 0 Å². The Kier molecular flexibility index (Phi) is 3.68. The first-order chi connectivity index (χ1) is 8.66. The average Bonchev–Trinajstić information content (AvgIpc) is 2.53. The third-order valence-corrected chi connectivity index (χ3v) is 8.56. The first kappa shape index (κ1) is 14.8. The third-order valence-electron chi connectivity index (χ3n) is 3.81. The van der Waals surface area contributed by atoms with Gasteiger partial charge in [0.1, 0.15) is 0 Å². The van der Waals surface area contributed by atoms with Crippen molar-refractivity contribution in [1.82, 2.24) is 0 Å². The standard InChI is InChI=1S/C15H21IO3/c1-8-9(2)11(4)14-13(10(8)3)15(6,7)19-16(14)18-12(5)17/h1-7H3. The molecule has 1 aromatic rings. The normalized spacial score (nSPS) is 18.4. The molecule has 2 rings (SSSR count). The van der Waals surface area contributed by atoms with E-state index in [1.54, 1.807) is 0 Å². The van der Waals surface area contributed by atoms with Gasteiger partial charge in [0.05, 0.1) is 0 Å². The molecule has 0 unspecified atom stereocenters. The second-order valence-electron chi connectivity index (χ2n) is 5.56. The number of benzene rings is 1. The molecule has 1 aliphatic heterocycles. The molecule has 19 heavy (non-hydrogen) atoms. The van der Waals surface area contributed by atoms with Crippen molar-refractivity contribution in [2.45, 2.75) is 54.1 Å². The molecule has 0 aromatic heterocycles. The van der Waals surface area contributed by atoms with E-state index in [4.69, 9.17) is 6.13 Å². The Labute approximate surface area is 123 Å². The van der Waals surface area contributed by atoms with E-state index in [0.29, 0.717) is 0 Å². The van der Waals surface area contributed by atoms with Crippen molar-refractivity contribution in [1.29, 1.82) is 0 Å². The van der Waals surface area contributed by atoms with E-state index in [-0.39, 0.29) is 11.6 Å². The Morgan fingerprint density at radius 3 is 2.11 bits per heavy atom. The fourth-order valence-corrected chi connectivity index (χ4v) is 7.45. The monoisotopic (exact) mass is 376 g/mol. The summed E-state index contributed by atoms with van der Waals surface area (Å²) in [4.78, 5) is 11.3. The molecule has 0 atom stereocenters. The SMILES string of the molecule is CC(=O)OI1OC(C)(C)c2c(C)c(C)c(C)c(C)c21. The van der Waals surface area contributed by atoms with Crippen LogP contribution in [0.25, 0.3) is 0 Å². The molecule has 1 aliphatic rings. The van der Waals surface area contributed by atoms with Crippen molar-refractivity contribution in [2.75, 3.05) is 0 Å². The van der Waals surface area contributed by atoms with E-state index < -0.39 is 20.6 Å². The number of hydrogen-bond acceptors (Lipinski definition) is 3. The minimum absolute atomic E-state index is 0.246. The summed E-state index contributed by atoms with van der Waals surface area (Å²) in [5.41, 5.74) is 5.98. The number of fused-ring (bicyclic) bond motifs is 1. The van der Waals surface area contributed by atoms with Crippen LogP contribution in [0.2, 0.25) is 0 Å². The van der Waals surface area contributed by atoms with Gasteiger partial charge < -0.3 is 0 Å². The first-order valence-electron chi connectivity index (χ1n) is 6.36. The second-order valence-corrected chi connectivity index (χ2v) is 8.76. The molecule has 0 saturated heterocycles. The van der Waals surface area contributed by atoms with Gasteiger partial charge in [-0.1, -0.05) is 0 Å². The van der Waals surface area contributed by atoms with Gasteiger partial charge in [-0.05, 0) is 0 Å². The molecule has 106 valence electrons. The fraction of sp³-hybridized carbons (Fsp3) is 0.533. The number of rotatable bonds is 1. The molecule has 0 spiro atoms. The summed E-state index contributed by atoms with van der Waals surface area (Å²) in [5.74, 6) is -0.246. The Hall–Kier alpha value is -0.620. The van der Waals surface area contributed by atoms with Crippen molar-refractivity contribution < 1.29 is 10.9 Å². The molecule has 0 saturated carbocycles. The van der Waals surface area contributed by atoms with Crippen LogP contribution in [0.1, 0.15) is 48.6 Å². The van der Waals surface area contributed by atoms with Crippen LogP contribution >= 0.6 is 20.6 Å². The van der Waals surface area contributed by atoms with Gasteiger partial charge in [-0.15, -0.1) is 0 Å². The van der Waals surface area contributed by atoms with Crippen LogP contribution < -0.4 is 0 Å². The number of carbonyl (C=O) groups is 1. The van der Waals surface area contributed by atoms with E-state index in [2.05, 4.69) is 41.5 Å². The van der Waals surface area contributed by atoms with E-state index in [1.165, 1.54) is 38.3 Å². The topological polar surface area (TPSA) is 35.5 Å².